The Morgan fingerprint density at radius 3 is 2.73 bits per heavy atom. The van der Waals surface area contributed by atoms with Gasteiger partial charge in [0.25, 0.3) is 0 Å². The molecule has 1 saturated heterocycles. The second-order valence-corrected chi connectivity index (χ2v) is 3.73. The van der Waals surface area contributed by atoms with E-state index in [1.165, 1.54) is 7.11 Å². The van der Waals surface area contributed by atoms with Gasteiger partial charge in [-0.3, -0.25) is 9.59 Å². The van der Waals surface area contributed by atoms with Gasteiger partial charge in [0, 0.05) is 0 Å². The molecule has 0 amide bonds. The highest BCUT2D eigenvalue weighted by molar-refractivity contribution is 5.80. The van der Waals surface area contributed by atoms with Crippen LogP contribution in [-0.4, -0.2) is 48.5 Å². The van der Waals surface area contributed by atoms with Crippen LogP contribution >= 0.6 is 0 Å². The zero-order valence-corrected chi connectivity index (χ0v) is 8.52. The smallest absolute Gasteiger partial charge is 0.322 e. The first kappa shape index (κ1) is 11.9. The number of aliphatic hydroxyl groups excluding tert-OH is 1. The van der Waals surface area contributed by atoms with Gasteiger partial charge in [0.1, 0.15) is 6.04 Å². The number of ether oxygens (including phenoxy) is 1. The number of methoxy groups -OCH3 is 1. The molecule has 1 rings (SSSR count). The average Bonchev–Trinajstić information content (AvgIpc) is 2.27. The highest BCUT2D eigenvalue weighted by Gasteiger charge is 2.44. The van der Waals surface area contributed by atoms with Crippen molar-refractivity contribution in [3.05, 3.63) is 0 Å². The quantitative estimate of drug-likeness (QED) is 0.523. The van der Waals surface area contributed by atoms with E-state index in [-0.39, 0.29) is 6.42 Å². The van der Waals surface area contributed by atoms with Crippen molar-refractivity contribution < 1.29 is 24.5 Å². The molecule has 1 aliphatic rings. The van der Waals surface area contributed by atoms with E-state index in [0.29, 0.717) is 13.0 Å². The zero-order valence-electron chi connectivity index (χ0n) is 8.52. The van der Waals surface area contributed by atoms with Crippen LogP contribution < -0.4 is 5.32 Å². The molecule has 86 valence electrons. The minimum atomic E-state index is -1.22. The predicted molar refractivity (Wildman–Crippen MR) is 50.2 cm³/mol. The van der Waals surface area contributed by atoms with E-state index in [9.17, 15) is 9.59 Å². The van der Waals surface area contributed by atoms with Gasteiger partial charge in [-0.25, -0.2) is 0 Å². The van der Waals surface area contributed by atoms with Gasteiger partial charge in [-0.05, 0) is 19.4 Å². The van der Waals surface area contributed by atoms with Gasteiger partial charge >= 0.3 is 11.9 Å². The van der Waals surface area contributed by atoms with E-state index in [0.717, 1.165) is 0 Å². The number of carbonyl (C=O) groups is 2. The van der Waals surface area contributed by atoms with Gasteiger partial charge in [0.05, 0.1) is 19.1 Å². The third-order valence-electron chi connectivity index (χ3n) is 2.83. The van der Waals surface area contributed by atoms with Crippen molar-refractivity contribution in [2.45, 2.75) is 18.9 Å². The molecule has 6 heteroatoms. The molecule has 2 unspecified atom stereocenters. The molecule has 2 atom stereocenters. The number of rotatable bonds is 3. The fraction of sp³-hybridized carbons (Fsp3) is 0.778. The van der Waals surface area contributed by atoms with Crippen molar-refractivity contribution in [2.75, 3.05) is 20.3 Å². The van der Waals surface area contributed by atoms with Gasteiger partial charge in [-0.15, -0.1) is 0 Å². The van der Waals surface area contributed by atoms with Crippen molar-refractivity contribution in [3.63, 3.8) is 0 Å². The molecule has 1 fully saturated rings. The third kappa shape index (κ3) is 2.27. The van der Waals surface area contributed by atoms with Crippen LogP contribution in [0.3, 0.4) is 0 Å². The molecule has 15 heavy (non-hydrogen) atoms. The number of piperidine rings is 1. The highest BCUT2D eigenvalue weighted by Crippen LogP contribution is 2.31. The largest absolute Gasteiger partial charge is 0.481 e. The fourth-order valence-corrected chi connectivity index (χ4v) is 1.77. The van der Waals surface area contributed by atoms with Crippen LogP contribution in [0, 0.1) is 5.41 Å². The SMILES string of the molecule is COC(=O)C1CC(CO)(C(=O)O)CCN1. The molecule has 0 aromatic heterocycles. The molecular formula is C9H15NO5. The minimum absolute atomic E-state index is 0.0610. The Morgan fingerprint density at radius 1 is 1.60 bits per heavy atom. The first-order valence-electron chi connectivity index (χ1n) is 4.71. The summed E-state index contributed by atoms with van der Waals surface area (Å²) >= 11 is 0. The molecule has 0 aromatic carbocycles. The van der Waals surface area contributed by atoms with E-state index < -0.39 is 30.0 Å². The standard InChI is InChI=1S/C9H15NO5/c1-15-7(12)6-4-9(5-11,8(13)14)2-3-10-6/h6,10-11H,2-5H2,1H3,(H,13,14). The van der Waals surface area contributed by atoms with Gasteiger partial charge in [-0.2, -0.15) is 0 Å². The lowest BCUT2D eigenvalue weighted by Gasteiger charge is -2.35. The van der Waals surface area contributed by atoms with Crippen LogP contribution in [0.5, 0.6) is 0 Å². The molecule has 1 heterocycles. The van der Waals surface area contributed by atoms with Crippen LogP contribution in [-0.2, 0) is 14.3 Å². The molecule has 0 saturated carbocycles. The lowest BCUT2D eigenvalue weighted by atomic mass is 9.76. The number of nitrogens with one attached hydrogen (secondary N) is 1. The molecule has 1 aliphatic heterocycles. The number of esters is 1. The van der Waals surface area contributed by atoms with E-state index >= 15 is 0 Å². The number of aliphatic carboxylic acids is 1. The molecule has 6 nitrogen and oxygen atoms in total. The maximum Gasteiger partial charge on any atom is 0.322 e. The lowest BCUT2D eigenvalue weighted by Crippen LogP contribution is -2.52. The van der Waals surface area contributed by atoms with Gasteiger partial charge < -0.3 is 20.3 Å². The Kier molecular flexibility index (Phi) is 3.65. The van der Waals surface area contributed by atoms with E-state index in [4.69, 9.17) is 10.2 Å². The Morgan fingerprint density at radius 2 is 2.27 bits per heavy atom. The topological polar surface area (TPSA) is 95.9 Å². The molecule has 0 spiro atoms. The summed E-state index contributed by atoms with van der Waals surface area (Å²) in [6.07, 6.45) is 0.373. The summed E-state index contributed by atoms with van der Waals surface area (Å²) in [4.78, 5) is 22.3. The van der Waals surface area contributed by atoms with Crippen LogP contribution in [0.4, 0.5) is 0 Å². The van der Waals surface area contributed by atoms with Crippen molar-refractivity contribution in [3.8, 4) is 0 Å². The second kappa shape index (κ2) is 4.59. The van der Waals surface area contributed by atoms with Crippen LogP contribution in [0.25, 0.3) is 0 Å². The van der Waals surface area contributed by atoms with E-state index in [1.54, 1.807) is 0 Å². The molecule has 0 aliphatic carbocycles. The molecule has 0 radical (unpaired) electrons. The summed E-state index contributed by atoms with van der Waals surface area (Å²) in [5, 5.41) is 21.0. The van der Waals surface area contributed by atoms with Crippen molar-refractivity contribution in [1.29, 1.82) is 0 Å². The number of hydrogen-bond donors (Lipinski definition) is 3. The Hall–Kier alpha value is -1.14. The summed E-state index contributed by atoms with van der Waals surface area (Å²) < 4.78 is 4.53. The van der Waals surface area contributed by atoms with Crippen LogP contribution in [0.2, 0.25) is 0 Å². The predicted octanol–water partition coefficient (Wildman–Crippen LogP) is -1.03. The zero-order chi connectivity index (χ0) is 11.5. The summed E-state index contributed by atoms with van der Waals surface area (Å²) in [5.41, 5.74) is -1.22. The Bertz CT molecular complexity index is 267. The number of hydrogen-bond acceptors (Lipinski definition) is 5. The average molecular weight is 217 g/mol. The number of aliphatic hydroxyl groups is 1. The second-order valence-electron chi connectivity index (χ2n) is 3.73. The fourth-order valence-electron chi connectivity index (χ4n) is 1.77. The first-order valence-corrected chi connectivity index (χ1v) is 4.71. The lowest BCUT2D eigenvalue weighted by molar-refractivity contribution is -0.157. The van der Waals surface area contributed by atoms with Crippen molar-refractivity contribution in [1.82, 2.24) is 5.32 Å². The number of carboxylic acids is 1. The third-order valence-corrected chi connectivity index (χ3v) is 2.83. The monoisotopic (exact) mass is 217 g/mol. The molecular weight excluding hydrogens is 202 g/mol. The van der Waals surface area contributed by atoms with E-state index in [2.05, 4.69) is 10.1 Å². The van der Waals surface area contributed by atoms with Gasteiger partial charge in [0.2, 0.25) is 0 Å². The Labute approximate surface area is 87.2 Å². The highest BCUT2D eigenvalue weighted by atomic mass is 16.5. The number of carbonyl (C=O) groups excluding carboxylic acids is 1. The molecule has 3 N–H and O–H groups in total. The summed E-state index contributed by atoms with van der Waals surface area (Å²) in [7, 11) is 1.25. The number of carboxylic acid groups (broad SMARTS) is 1. The first-order chi connectivity index (χ1) is 7.05. The molecule has 0 bridgehead atoms. The molecule has 0 aromatic rings. The minimum Gasteiger partial charge on any atom is -0.481 e. The normalized spacial score (nSPS) is 30.9. The maximum absolute atomic E-state index is 11.2. The van der Waals surface area contributed by atoms with Gasteiger partial charge in [0.15, 0.2) is 0 Å². The maximum atomic E-state index is 11.2. The van der Waals surface area contributed by atoms with Crippen LogP contribution in [0.1, 0.15) is 12.8 Å². The Balaban J connectivity index is 2.77. The van der Waals surface area contributed by atoms with Gasteiger partial charge in [-0.1, -0.05) is 0 Å². The van der Waals surface area contributed by atoms with Crippen molar-refractivity contribution >= 4 is 11.9 Å². The van der Waals surface area contributed by atoms with Crippen molar-refractivity contribution in [2.24, 2.45) is 5.41 Å². The summed E-state index contributed by atoms with van der Waals surface area (Å²) in [6.45, 7) is -0.0792. The summed E-state index contributed by atoms with van der Waals surface area (Å²) in [5.74, 6) is -1.56. The van der Waals surface area contributed by atoms with E-state index in [1.807, 2.05) is 0 Å². The summed E-state index contributed by atoms with van der Waals surface area (Å²) in [6, 6.07) is -0.646. The van der Waals surface area contributed by atoms with Crippen LogP contribution in [0.15, 0.2) is 0 Å².